The molecule has 5 rings (SSSR count). The molecule has 0 aliphatic heterocycles. The molecule has 0 aliphatic rings. The molecule has 15 heteroatoms. The van der Waals surface area contributed by atoms with E-state index < -0.39 is 35.3 Å². The van der Waals surface area contributed by atoms with Crippen molar-refractivity contribution >= 4 is 29.2 Å². The van der Waals surface area contributed by atoms with Gasteiger partial charge in [0, 0.05) is 28.6 Å². The molecule has 11 nitrogen and oxygen atoms in total. The van der Waals surface area contributed by atoms with Gasteiger partial charge in [-0.2, -0.15) is 13.2 Å². The number of alkyl halides is 3. The van der Waals surface area contributed by atoms with Crippen LogP contribution in [0.25, 0.3) is 16.8 Å². The fourth-order valence-corrected chi connectivity index (χ4v) is 4.83. The van der Waals surface area contributed by atoms with E-state index in [9.17, 15) is 27.6 Å². The normalized spacial score (nSPS) is 12.0. The molecule has 3 heterocycles. The molecule has 0 saturated heterocycles. The molecule has 1 N–H and O–H groups in total. The molecule has 0 bridgehead atoms. The number of pyridine rings is 2. The van der Waals surface area contributed by atoms with Crippen molar-refractivity contribution in [2.75, 3.05) is 19.5 Å². The number of carbonyl (C=O) groups excluding carboxylic acids is 2. The van der Waals surface area contributed by atoms with Gasteiger partial charge in [-0.15, -0.1) is 5.10 Å². The topological polar surface area (TPSA) is 130 Å². The highest BCUT2D eigenvalue weighted by Crippen LogP contribution is 2.36. The van der Waals surface area contributed by atoms with E-state index >= 15 is 0 Å². The second-order valence-electron chi connectivity index (χ2n) is 9.83. The second kappa shape index (κ2) is 13.2. The van der Waals surface area contributed by atoms with Crippen LogP contribution in [0.2, 0.25) is 5.02 Å². The summed E-state index contributed by atoms with van der Waals surface area (Å²) < 4.78 is 52.2. The lowest BCUT2D eigenvalue weighted by Crippen LogP contribution is -2.34. The van der Waals surface area contributed by atoms with Crippen LogP contribution >= 0.6 is 11.6 Å². The molecule has 46 heavy (non-hydrogen) atoms. The number of esters is 1. The van der Waals surface area contributed by atoms with Gasteiger partial charge in [0.05, 0.1) is 44.2 Å². The van der Waals surface area contributed by atoms with Crippen molar-refractivity contribution in [3.63, 3.8) is 0 Å². The van der Waals surface area contributed by atoms with Gasteiger partial charge in [-0.25, -0.2) is 14.5 Å². The van der Waals surface area contributed by atoms with Crippen molar-refractivity contribution < 1.29 is 32.2 Å². The number of aromatic nitrogens is 5. The Hall–Kier alpha value is -5.50. The van der Waals surface area contributed by atoms with E-state index in [1.807, 2.05) is 6.07 Å². The van der Waals surface area contributed by atoms with E-state index in [0.717, 1.165) is 10.2 Å². The Kier molecular flexibility index (Phi) is 9.18. The summed E-state index contributed by atoms with van der Waals surface area (Å²) in [7, 11) is 2.56. The number of nitrogens with zero attached hydrogens (tertiary/aromatic N) is 5. The minimum absolute atomic E-state index is 0.0405. The van der Waals surface area contributed by atoms with E-state index in [1.54, 1.807) is 24.3 Å². The highest BCUT2D eigenvalue weighted by molar-refractivity contribution is 6.31. The Labute approximate surface area is 264 Å². The smallest absolute Gasteiger partial charge is 0.436 e. The van der Waals surface area contributed by atoms with Gasteiger partial charge in [0.1, 0.15) is 17.5 Å². The van der Waals surface area contributed by atoms with E-state index in [4.69, 9.17) is 16.3 Å². The van der Waals surface area contributed by atoms with Gasteiger partial charge < -0.3 is 14.8 Å². The molecule has 0 fully saturated rings. The van der Waals surface area contributed by atoms with Crippen LogP contribution in [0.15, 0.2) is 90.1 Å². The molecule has 0 unspecified atom stereocenters. The predicted octanol–water partition coefficient (Wildman–Crippen LogP) is 5.38. The summed E-state index contributed by atoms with van der Waals surface area (Å²) in [5.41, 5.74) is -0.210. The van der Waals surface area contributed by atoms with Crippen molar-refractivity contribution in [3.8, 4) is 22.6 Å². The Morgan fingerprint density at radius 3 is 2.39 bits per heavy atom. The number of hydrogen-bond acceptors (Lipinski definition) is 8. The van der Waals surface area contributed by atoms with E-state index in [-0.39, 0.29) is 45.4 Å². The summed E-state index contributed by atoms with van der Waals surface area (Å²) in [6.07, 6.45) is -1.28. The molecule has 5 aromatic rings. The number of hydrogen-bond donors (Lipinski definition) is 1. The van der Waals surface area contributed by atoms with Gasteiger partial charge in [0.2, 0.25) is 5.91 Å². The third kappa shape index (κ3) is 6.91. The van der Waals surface area contributed by atoms with Crippen molar-refractivity contribution in [2.24, 2.45) is 0 Å². The van der Waals surface area contributed by atoms with Crippen LogP contribution in [0.5, 0.6) is 5.75 Å². The number of methoxy groups -OCH3 is 2. The third-order valence-electron chi connectivity index (χ3n) is 6.88. The number of ether oxygens (including phenoxy) is 2. The number of amides is 1. The molecular weight excluding hydrogens is 629 g/mol. The standard InChI is InChI=1S/C31H24ClF3N6O5/c1-45-26-16-40(25(12-18-6-4-3-5-7-18)29(43)37-20-9-10-23(36-15-20)30(44)46-2)28(42)14-22(26)21-13-19(32)8-11-24(21)41-17-27(38-39-41)31(33,34)35/h3-11,13-17,25H,12H2,1-2H3,(H,37,43)/t25-/m0/s1. The molecule has 0 spiro atoms. The zero-order valence-electron chi connectivity index (χ0n) is 24.2. The van der Waals surface area contributed by atoms with Crippen LogP contribution in [-0.2, 0) is 22.1 Å². The van der Waals surface area contributed by atoms with Crippen LogP contribution in [0, 0.1) is 0 Å². The maximum absolute atomic E-state index is 13.7. The molecule has 2 aromatic carbocycles. The number of nitrogens with one attached hydrogen (secondary N) is 1. The van der Waals surface area contributed by atoms with Crippen molar-refractivity contribution in [2.45, 2.75) is 18.6 Å². The minimum atomic E-state index is -4.73. The van der Waals surface area contributed by atoms with Crippen molar-refractivity contribution in [3.05, 3.63) is 118 Å². The fourth-order valence-electron chi connectivity index (χ4n) is 4.65. The Bertz CT molecular complexity index is 1950. The van der Waals surface area contributed by atoms with Crippen molar-refractivity contribution in [1.82, 2.24) is 24.5 Å². The molecule has 0 aliphatic carbocycles. The van der Waals surface area contributed by atoms with Gasteiger partial charge in [0.25, 0.3) is 5.56 Å². The van der Waals surface area contributed by atoms with Crippen LogP contribution in [-0.4, -0.2) is 50.6 Å². The fraction of sp³-hybridized carbons (Fsp3) is 0.161. The quantitative estimate of drug-likeness (QED) is 0.210. The van der Waals surface area contributed by atoms with Gasteiger partial charge in [-0.1, -0.05) is 47.1 Å². The van der Waals surface area contributed by atoms with Crippen molar-refractivity contribution in [1.29, 1.82) is 0 Å². The summed E-state index contributed by atoms with van der Waals surface area (Å²) in [5.74, 6) is -1.10. The summed E-state index contributed by atoms with van der Waals surface area (Å²) >= 11 is 6.26. The maximum Gasteiger partial charge on any atom is 0.436 e. The van der Waals surface area contributed by atoms with Gasteiger partial charge in [0.15, 0.2) is 5.69 Å². The lowest BCUT2D eigenvalue weighted by atomic mass is 10.0. The zero-order valence-corrected chi connectivity index (χ0v) is 24.9. The lowest BCUT2D eigenvalue weighted by Gasteiger charge is -2.22. The first-order chi connectivity index (χ1) is 22.0. The molecule has 1 atom stereocenters. The molecule has 236 valence electrons. The number of benzene rings is 2. The Morgan fingerprint density at radius 2 is 1.76 bits per heavy atom. The van der Waals surface area contributed by atoms with Gasteiger partial charge in [-0.3, -0.25) is 14.2 Å². The highest BCUT2D eigenvalue weighted by Gasteiger charge is 2.35. The maximum atomic E-state index is 13.7. The zero-order chi connectivity index (χ0) is 33.0. The molecule has 0 radical (unpaired) electrons. The summed E-state index contributed by atoms with van der Waals surface area (Å²) in [4.78, 5) is 43.2. The summed E-state index contributed by atoms with van der Waals surface area (Å²) in [5, 5.41) is 9.79. The monoisotopic (exact) mass is 652 g/mol. The average molecular weight is 653 g/mol. The van der Waals surface area contributed by atoms with E-state index in [0.29, 0.717) is 6.20 Å². The van der Waals surface area contributed by atoms with Crippen LogP contribution in [0.4, 0.5) is 18.9 Å². The highest BCUT2D eigenvalue weighted by atomic mass is 35.5. The summed E-state index contributed by atoms with van der Waals surface area (Å²) in [6.45, 7) is 0. The summed E-state index contributed by atoms with van der Waals surface area (Å²) in [6, 6.07) is 16.3. The van der Waals surface area contributed by atoms with Gasteiger partial charge >= 0.3 is 12.1 Å². The van der Waals surface area contributed by atoms with Gasteiger partial charge in [-0.05, 0) is 35.9 Å². The first-order valence-electron chi connectivity index (χ1n) is 13.5. The third-order valence-corrected chi connectivity index (χ3v) is 7.11. The molecule has 1 amide bonds. The van der Waals surface area contributed by atoms with E-state index in [1.165, 1.54) is 67.6 Å². The predicted molar refractivity (Wildman–Crippen MR) is 161 cm³/mol. The Morgan fingerprint density at radius 1 is 1.00 bits per heavy atom. The number of anilines is 1. The number of halogens is 4. The van der Waals surface area contributed by atoms with Crippen LogP contribution in [0.1, 0.15) is 27.8 Å². The van der Waals surface area contributed by atoms with Crippen LogP contribution in [0.3, 0.4) is 0 Å². The Balaban J connectivity index is 1.57. The molecular formula is C31H24ClF3N6O5. The van der Waals surface area contributed by atoms with Crippen LogP contribution < -0.4 is 15.6 Å². The average Bonchev–Trinajstić information content (AvgIpc) is 3.55. The number of rotatable bonds is 9. The lowest BCUT2D eigenvalue weighted by molar-refractivity contribution is -0.141. The first-order valence-corrected chi connectivity index (χ1v) is 13.9. The first kappa shape index (κ1) is 31.9. The van der Waals surface area contributed by atoms with E-state index in [2.05, 4.69) is 25.3 Å². The largest absolute Gasteiger partial charge is 0.495 e. The molecule has 0 saturated carbocycles. The second-order valence-corrected chi connectivity index (χ2v) is 10.3. The number of carbonyl (C=O) groups is 2. The SMILES string of the molecule is COC(=O)c1ccc(NC(=O)[C@H](Cc2ccccc2)n2cc(OC)c(-c3cc(Cl)ccc3-n3cc(C(F)(F)F)nn3)cc2=O)cn1. The minimum Gasteiger partial charge on any atom is -0.495 e. The molecule has 3 aromatic heterocycles.